The molecule has 1 aromatic carbocycles. The van der Waals surface area contributed by atoms with Crippen LogP contribution in [-0.4, -0.2) is 31.3 Å². The molecule has 0 fully saturated rings. The summed E-state index contributed by atoms with van der Waals surface area (Å²) < 4.78 is 1.88. The molecule has 2 heterocycles. The van der Waals surface area contributed by atoms with E-state index in [9.17, 15) is 10.2 Å². The number of aromatic amines is 1. The van der Waals surface area contributed by atoms with Crippen molar-refractivity contribution < 1.29 is 10.2 Å². The van der Waals surface area contributed by atoms with Gasteiger partial charge in [0.05, 0.1) is 11.1 Å². The van der Waals surface area contributed by atoms with Gasteiger partial charge in [-0.05, 0) is 47.4 Å². The number of aromatic nitrogens is 3. The fraction of sp³-hybridized carbons (Fsp3) is 0. The molecular weight excluding hydrogens is 308 g/mol. The van der Waals surface area contributed by atoms with Gasteiger partial charge in [0, 0.05) is 0 Å². The van der Waals surface area contributed by atoms with E-state index in [1.165, 1.54) is 34.4 Å². The summed E-state index contributed by atoms with van der Waals surface area (Å²) >= 11 is 6.69. The van der Waals surface area contributed by atoms with Gasteiger partial charge in [-0.25, -0.2) is 5.10 Å². The second-order valence-electron chi connectivity index (χ2n) is 4.13. The van der Waals surface area contributed by atoms with Gasteiger partial charge in [0.2, 0.25) is 4.77 Å². The predicted octanol–water partition coefficient (Wildman–Crippen LogP) is 2.96. The monoisotopic (exact) mass is 318 g/mol. The molecule has 21 heavy (non-hydrogen) atoms. The van der Waals surface area contributed by atoms with E-state index < -0.39 is 0 Å². The number of hydrogen-bond acceptors (Lipinski definition) is 6. The normalized spacial score (nSPS) is 11.2. The Labute approximate surface area is 128 Å². The van der Waals surface area contributed by atoms with Gasteiger partial charge in [-0.1, -0.05) is 6.07 Å². The van der Waals surface area contributed by atoms with Crippen LogP contribution in [-0.2, 0) is 0 Å². The van der Waals surface area contributed by atoms with Crippen molar-refractivity contribution in [3.05, 3.63) is 46.0 Å². The van der Waals surface area contributed by atoms with Crippen molar-refractivity contribution in [1.29, 1.82) is 0 Å². The van der Waals surface area contributed by atoms with Crippen LogP contribution < -0.4 is 0 Å². The maximum Gasteiger partial charge on any atom is 0.216 e. The van der Waals surface area contributed by atoms with Crippen LogP contribution in [0.25, 0.3) is 10.7 Å². The molecule has 3 rings (SSSR count). The van der Waals surface area contributed by atoms with E-state index in [4.69, 9.17) is 12.2 Å². The lowest BCUT2D eigenvalue weighted by molar-refractivity contribution is 0.403. The van der Waals surface area contributed by atoms with Crippen LogP contribution in [0.3, 0.4) is 0 Å². The summed E-state index contributed by atoms with van der Waals surface area (Å²) in [5.41, 5.74) is 0.630. The Hall–Kier alpha value is -2.45. The lowest BCUT2D eigenvalue weighted by atomic mass is 10.2. The number of thiophene rings is 1. The van der Waals surface area contributed by atoms with E-state index in [-0.39, 0.29) is 11.5 Å². The molecule has 0 saturated carbocycles. The number of nitrogens with one attached hydrogen (secondary N) is 1. The van der Waals surface area contributed by atoms with Crippen LogP contribution >= 0.6 is 23.6 Å². The molecule has 6 nitrogen and oxygen atoms in total. The fourth-order valence-corrected chi connectivity index (χ4v) is 2.59. The van der Waals surface area contributed by atoms with Gasteiger partial charge in [-0.15, -0.1) is 11.3 Å². The molecule has 3 N–H and O–H groups in total. The van der Waals surface area contributed by atoms with Gasteiger partial charge in [-0.2, -0.15) is 14.9 Å². The molecule has 0 radical (unpaired) electrons. The first-order valence-electron chi connectivity index (χ1n) is 5.93. The second kappa shape index (κ2) is 5.51. The summed E-state index contributed by atoms with van der Waals surface area (Å²) in [4.78, 5) is 0.938. The summed E-state index contributed by atoms with van der Waals surface area (Å²) in [7, 11) is 0. The molecule has 0 amide bonds. The molecule has 106 valence electrons. The number of aromatic hydroxyl groups is 2. The molecule has 0 unspecified atom stereocenters. The van der Waals surface area contributed by atoms with E-state index in [0.717, 1.165) is 4.88 Å². The van der Waals surface area contributed by atoms with Crippen molar-refractivity contribution in [3.8, 4) is 22.2 Å². The fourth-order valence-electron chi connectivity index (χ4n) is 1.71. The largest absolute Gasteiger partial charge is 0.504 e. The number of benzene rings is 1. The summed E-state index contributed by atoms with van der Waals surface area (Å²) in [5.74, 6) is 0.244. The summed E-state index contributed by atoms with van der Waals surface area (Å²) in [6.07, 6.45) is 1.53. The third kappa shape index (κ3) is 2.71. The summed E-state index contributed by atoms with van der Waals surface area (Å²) in [6, 6.07) is 8.28. The Kier molecular flexibility index (Phi) is 3.55. The van der Waals surface area contributed by atoms with Crippen LogP contribution in [0.5, 0.6) is 11.5 Å². The minimum Gasteiger partial charge on any atom is -0.504 e. The number of phenolic OH excluding ortho intramolecular Hbond substituents is 2. The van der Waals surface area contributed by atoms with Gasteiger partial charge in [0.1, 0.15) is 0 Å². The Morgan fingerprint density at radius 1 is 1.29 bits per heavy atom. The highest BCUT2D eigenvalue weighted by atomic mass is 32.1. The molecule has 0 aliphatic heterocycles. The third-order valence-corrected chi connectivity index (χ3v) is 3.84. The Morgan fingerprint density at radius 2 is 2.14 bits per heavy atom. The molecule has 0 aliphatic rings. The topological polar surface area (TPSA) is 86.4 Å². The Morgan fingerprint density at radius 3 is 2.86 bits per heavy atom. The zero-order valence-electron chi connectivity index (χ0n) is 10.6. The molecule has 3 aromatic rings. The van der Waals surface area contributed by atoms with Crippen LogP contribution in [0.4, 0.5) is 0 Å². The summed E-state index contributed by atoms with van der Waals surface area (Å²) in [6.45, 7) is 0. The highest BCUT2D eigenvalue weighted by molar-refractivity contribution is 7.71. The highest BCUT2D eigenvalue weighted by Gasteiger charge is 2.08. The van der Waals surface area contributed by atoms with Gasteiger partial charge in [0.15, 0.2) is 17.3 Å². The summed E-state index contributed by atoms with van der Waals surface area (Å²) in [5, 5.41) is 31.8. The quantitative estimate of drug-likeness (QED) is 0.394. The minimum absolute atomic E-state index is 0.175. The van der Waals surface area contributed by atoms with E-state index in [1.807, 2.05) is 17.5 Å². The van der Waals surface area contributed by atoms with Crippen LogP contribution in [0.15, 0.2) is 40.8 Å². The van der Waals surface area contributed by atoms with Crippen LogP contribution in [0.2, 0.25) is 0 Å². The van der Waals surface area contributed by atoms with Crippen LogP contribution in [0.1, 0.15) is 5.56 Å². The van der Waals surface area contributed by atoms with Crippen molar-refractivity contribution in [3.63, 3.8) is 0 Å². The number of phenols is 2. The standard InChI is InChI=1S/C13H10N4O2S2/c18-9-4-3-8(6-10(9)19)7-14-17-12(15-16-13(17)20)11-2-1-5-21-11/h1-7,18-19H,(H,16,20)/b14-7-. The molecule has 2 aromatic heterocycles. The molecule has 0 bridgehead atoms. The van der Waals surface area contributed by atoms with Gasteiger partial charge in [-0.3, -0.25) is 0 Å². The lowest BCUT2D eigenvalue weighted by Gasteiger charge is -1.99. The third-order valence-electron chi connectivity index (χ3n) is 2.71. The smallest absolute Gasteiger partial charge is 0.216 e. The molecule has 0 spiro atoms. The lowest BCUT2D eigenvalue weighted by Crippen LogP contribution is -1.93. The predicted molar refractivity (Wildman–Crippen MR) is 83.5 cm³/mol. The molecular formula is C13H10N4O2S2. The Bertz CT molecular complexity index is 849. The average molecular weight is 318 g/mol. The number of nitrogens with zero attached hydrogens (tertiary/aromatic N) is 3. The maximum absolute atomic E-state index is 9.46. The van der Waals surface area contributed by atoms with E-state index >= 15 is 0 Å². The van der Waals surface area contributed by atoms with Crippen molar-refractivity contribution in [1.82, 2.24) is 14.9 Å². The molecule has 0 saturated heterocycles. The van der Waals surface area contributed by atoms with Crippen molar-refractivity contribution >= 4 is 29.8 Å². The van der Waals surface area contributed by atoms with Crippen LogP contribution in [0, 0.1) is 4.77 Å². The van der Waals surface area contributed by atoms with Gasteiger partial charge < -0.3 is 10.2 Å². The highest BCUT2D eigenvalue weighted by Crippen LogP contribution is 2.25. The van der Waals surface area contributed by atoms with Gasteiger partial charge >= 0.3 is 0 Å². The molecule has 8 heteroatoms. The first-order valence-corrected chi connectivity index (χ1v) is 7.21. The van der Waals surface area contributed by atoms with Gasteiger partial charge in [0.25, 0.3) is 0 Å². The van der Waals surface area contributed by atoms with Crippen molar-refractivity contribution in [2.75, 3.05) is 0 Å². The molecule has 0 aliphatic carbocycles. The first kappa shape index (κ1) is 13.5. The maximum atomic E-state index is 9.46. The van der Waals surface area contributed by atoms with E-state index in [2.05, 4.69) is 15.3 Å². The van der Waals surface area contributed by atoms with Crippen molar-refractivity contribution in [2.45, 2.75) is 0 Å². The molecule has 0 atom stereocenters. The van der Waals surface area contributed by atoms with E-state index in [0.29, 0.717) is 16.2 Å². The second-order valence-corrected chi connectivity index (χ2v) is 5.47. The number of rotatable bonds is 3. The minimum atomic E-state index is -0.201. The first-order chi connectivity index (χ1) is 10.1. The van der Waals surface area contributed by atoms with Crippen molar-refractivity contribution in [2.24, 2.45) is 5.10 Å². The SMILES string of the molecule is Oc1ccc(/C=N\n2c(-c3cccs3)n[nH]c2=S)cc1O. The zero-order chi connectivity index (χ0) is 14.8. The number of hydrogen-bond donors (Lipinski definition) is 3. The average Bonchev–Trinajstić information content (AvgIpc) is 3.10. The zero-order valence-corrected chi connectivity index (χ0v) is 12.2. The number of H-pyrrole nitrogens is 1. The van der Waals surface area contributed by atoms with E-state index in [1.54, 1.807) is 6.07 Å². The Balaban J connectivity index is 1.98.